The summed E-state index contributed by atoms with van der Waals surface area (Å²) in [4.78, 5) is 8.67. The molecule has 0 amide bonds. The summed E-state index contributed by atoms with van der Waals surface area (Å²) in [6.07, 6.45) is 2.60. The Morgan fingerprint density at radius 1 is 1.03 bits per heavy atom. The van der Waals surface area contributed by atoms with E-state index in [2.05, 4.69) is 24.4 Å². The van der Waals surface area contributed by atoms with E-state index in [-0.39, 0.29) is 16.5 Å². The van der Waals surface area contributed by atoms with Crippen molar-refractivity contribution in [3.05, 3.63) is 83.6 Å². The van der Waals surface area contributed by atoms with Gasteiger partial charge in [-0.2, -0.15) is 0 Å². The highest BCUT2D eigenvalue weighted by Gasteiger charge is 2.20. The van der Waals surface area contributed by atoms with Gasteiger partial charge in [-0.05, 0) is 60.5 Å². The van der Waals surface area contributed by atoms with Crippen LogP contribution in [-0.4, -0.2) is 30.7 Å². The average Bonchev–Trinajstić information content (AvgIpc) is 3.37. The van der Waals surface area contributed by atoms with E-state index in [9.17, 15) is 12.8 Å². The molecule has 11 heteroatoms. The van der Waals surface area contributed by atoms with E-state index in [1.54, 1.807) is 37.3 Å². The molecular weight excluding hydrogens is 507 g/mol. The molecule has 0 radical (unpaired) electrons. The number of fused-ring (bicyclic) bond motifs is 1. The molecule has 0 atom stereocenters. The molecule has 36 heavy (non-hydrogen) atoms. The molecule has 8 nitrogen and oxygen atoms in total. The van der Waals surface area contributed by atoms with Crippen molar-refractivity contribution in [3.8, 4) is 28.1 Å². The number of ether oxygens (including phenoxy) is 1. The molecule has 5 aromatic rings. The number of aryl methyl sites for hydroxylation is 1. The van der Waals surface area contributed by atoms with Gasteiger partial charge in [0.25, 0.3) is 10.0 Å². The van der Waals surface area contributed by atoms with E-state index in [1.807, 2.05) is 0 Å². The Labute approximate surface area is 210 Å². The van der Waals surface area contributed by atoms with Gasteiger partial charge in [-0.1, -0.05) is 22.8 Å². The largest absolute Gasteiger partial charge is 0.496 e. The molecule has 0 saturated heterocycles. The van der Waals surface area contributed by atoms with Crippen molar-refractivity contribution < 1.29 is 22.1 Å². The summed E-state index contributed by atoms with van der Waals surface area (Å²) in [6, 6.07) is 14.1. The Morgan fingerprint density at radius 2 is 1.86 bits per heavy atom. The normalized spacial score (nSPS) is 11.6. The van der Waals surface area contributed by atoms with Gasteiger partial charge in [0.2, 0.25) is 0 Å². The summed E-state index contributed by atoms with van der Waals surface area (Å²) in [7, 11) is -2.40. The predicted molar refractivity (Wildman–Crippen MR) is 134 cm³/mol. The van der Waals surface area contributed by atoms with Crippen molar-refractivity contribution in [2.75, 3.05) is 11.8 Å². The van der Waals surface area contributed by atoms with E-state index >= 15 is 0 Å². The van der Waals surface area contributed by atoms with Gasteiger partial charge >= 0.3 is 0 Å². The van der Waals surface area contributed by atoms with Crippen molar-refractivity contribution >= 4 is 38.3 Å². The third-order valence-corrected chi connectivity index (χ3v) is 7.27. The molecule has 5 rings (SSSR count). The number of nitrogens with zero attached hydrogens (tertiary/aromatic N) is 3. The second-order valence-electron chi connectivity index (χ2n) is 7.89. The molecule has 0 saturated carbocycles. The number of benzene rings is 3. The first-order valence-electron chi connectivity index (χ1n) is 10.6. The van der Waals surface area contributed by atoms with E-state index in [0.717, 1.165) is 5.56 Å². The standard InChI is InChI=1S/C25H18ClFN4O4S/c1-14-9-15(3-6-21(14)27)18-12-23(34-2)19(11-20(18)26)25-17-5-4-16(10-22(17)28-13-29-25)36(32,33)31-24-7-8-35-30-24/h3-13H,1-2H3,(H,30,31). The van der Waals surface area contributed by atoms with Gasteiger partial charge in [0.05, 0.1) is 23.2 Å². The van der Waals surface area contributed by atoms with Crippen LogP contribution in [0.5, 0.6) is 5.75 Å². The van der Waals surface area contributed by atoms with Crippen molar-refractivity contribution in [1.82, 2.24) is 15.1 Å². The zero-order valence-corrected chi connectivity index (χ0v) is 20.6. The molecule has 1 N–H and O–H groups in total. The molecule has 0 spiro atoms. The number of rotatable bonds is 6. The molecule has 2 aromatic heterocycles. The lowest BCUT2D eigenvalue weighted by atomic mass is 9.98. The molecule has 0 aliphatic carbocycles. The number of anilines is 1. The van der Waals surface area contributed by atoms with Crippen LogP contribution in [0, 0.1) is 12.7 Å². The summed E-state index contributed by atoms with van der Waals surface area (Å²) >= 11 is 6.64. The molecule has 0 fully saturated rings. The minimum atomic E-state index is -3.92. The highest BCUT2D eigenvalue weighted by atomic mass is 35.5. The van der Waals surface area contributed by atoms with Crippen LogP contribution >= 0.6 is 11.6 Å². The fourth-order valence-electron chi connectivity index (χ4n) is 3.82. The van der Waals surface area contributed by atoms with Crippen LogP contribution < -0.4 is 9.46 Å². The topological polar surface area (TPSA) is 107 Å². The van der Waals surface area contributed by atoms with Crippen LogP contribution in [0.15, 0.2) is 76.6 Å². The van der Waals surface area contributed by atoms with Crippen molar-refractivity contribution in [2.45, 2.75) is 11.8 Å². The van der Waals surface area contributed by atoms with Crippen LogP contribution in [0.2, 0.25) is 5.02 Å². The monoisotopic (exact) mass is 524 g/mol. The molecule has 0 aliphatic heterocycles. The summed E-state index contributed by atoms with van der Waals surface area (Å²) in [6.45, 7) is 1.68. The maximum Gasteiger partial charge on any atom is 0.263 e. The zero-order chi connectivity index (χ0) is 25.4. The lowest BCUT2D eigenvalue weighted by Gasteiger charge is -2.15. The van der Waals surface area contributed by atoms with Crippen LogP contribution in [-0.2, 0) is 10.0 Å². The Balaban J connectivity index is 1.60. The van der Waals surface area contributed by atoms with Gasteiger partial charge in [0.1, 0.15) is 24.2 Å². The van der Waals surface area contributed by atoms with E-state index < -0.39 is 10.0 Å². The SMILES string of the molecule is COc1cc(-c2ccc(F)c(C)c2)c(Cl)cc1-c1ncnc2cc(S(=O)(=O)Nc3ccon3)ccc12. The Bertz CT molecular complexity index is 1710. The summed E-state index contributed by atoms with van der Waals surface area (Å²) in [5.74, 6) is 0.249. The Morgan fingerprint density at radius 3 is 2.58 bits per heavy atom. The molecule has 0 bridgehead atoms. The maximum atomic E-state index is 13.8. The zero-order valence-electron chi connectivity index (χ0n) is 19.0. The maximum absolute atomic E-state index is 13.8. The van der Waals surface area contributed by atoms with E-state index in [1.165, 1.54) is 44.0 Å². The van der Waals surface area contributed by atoms with Crippen LogP contribution in [0.3, 0.4) is 0 Å². The van der Waals surface area contributed by atoms with Gasteiger partial charge < -0.3 is 9.26 Å². The number of sulfonamides is 1. The Hall–Kier alpha value is -4.02. The molecule has 3 aromatic carbocycles. The molecule has 182 valence electrons. The van der Waals surface area contributed by atoms with Gasteiger partial charge in [0.15, 0.2) is 5.82 Å². The average molecular weight is 525 g/mol. The van der Waals surface area contributed by atoms with E-state index in [0.29, 0.717) is 44.1 Å². The molecule has 2 heterocycles. The smallest absolute Gasteiger partial charge is 0.263 e. The summed E-state index contributed by atoms with van der Waals surface area (Å²) in [5, 5.41) is 4.58. The second kappa shape index (κ2) is 9.21. The Kier molecular flexibility index (Phi) is 6.07. The first kappa shape index (κ1) is 23.7. The number of methoxy groups -OCH3 is 1. The number of aromatic nitrogens is 3. The first-order valence-corrected chi connectivity index (χ1v) is 12.5. The lowest BCUT2D eigenvalue weighted by molar-refractivity contribution is 0.416. The highest BCUT2D eigenvalue weighted by molar-refractivity contribution is 7.92. The number of hydrogen-bond donors (Lipinski definition) is 1. The van der Waals surface area contributed by atoms with Gasteiger partial charge in [-0.15, -0.1) is 0 Å². The number of nitrogens with one attached hydrogen (secondary N) is 1. The van der Waals surface area contributed by atoms with Gasteiger partial charge in [0, 0.05) is 27.6 Å². The predicted octanol–water partition coefficient (Wildman–Crippen LogP) is 5.86. The molecule has 0 aliphatic rings. The summed E-state index contributed by atoms with van der Waals surface area (Å²) < 4.78 is 52.0. The lowest BCUT2D eigenvalue weighted by Crippen LogP contribution is -2.13. The minimum Gasteiger partial charge on any atom is -0.496 e. The fourth-order valence-corrected chi connectivity index (χ4v) is 5.11. The molecule has 0 unspecified atom stereocenters. The van der Waals surface area contributed by atoms with Crippen molar-refractivity contribution in [1.29, 1.82) is 0 Å². The van der Waals surface area contributed by atoms with Gasteiger partial charge in [-0.25, -0.2) is 22.8 Å². The fraction of sp³-hybridized carbons (Fsp3) is 0.0800. The van der Waals surface area contributed by atoms with Crippen LogP contribution in [0.25, 0.3) is 33.3 Å². The van der Waals surface area contributed by atoms with Crippen molar-refractivity contribution in [2.24, 2.45) is 0 Å². The van der Waals surface area contributed by atoms with Crippen LogP contribution in [0.1, 0.15) is 5.56 Å². The van der Waals surface area contributed by atoms with Crippen molar-refractivity contribution in [3.63, 3.8) is 0 Å². The number of hydrogen-bond acceptors (Lipinski definition) is 7. The first-order chi connectivity index (χ1) is 17.3. The third-order valence-electron chi connectivity index (χ3n) is 5.61. The second-order valence-corrected chi connectivity index (χ2v) is 9.98. The number of halogens is 2. The van der Waals surface area contributed by atoms with Crippen LogP contribution in [0.4, 0.5) is 10.2 Å². The van der Waals surface area contributed by atoms with Gasteiger partial charge in [-0.3, -0.25) is 4.72 Å². The van der Waals surface area contributed by atoms with E-state index in [4.69, 9.17) is 16.3 Å². The quantitative estimate of drug-likeness (QED) is 0.296. The minimum absolute atomic E-state index is 0.00493. The third kappa shape index (κ3) is 4.36. The summed E-state index contributed by atoms with van der Waals surface area (Å²) in [5.41, 5.74) is 3.41. The highest BCUT2D eigenvalue weighted by Crippen LogP contribution is 2.41. The molecular formula is C25H18ClFN4O4S.